The Morgan fingerprint density at radius 3 is 2.20 bits per heavy atom. The molecule has 8 nitrogen and oxygen atoms in total. The maximum absolute atomic E-state index is 9.10. The van der Waals surface area contributed by atoms with Gasteiger partial charge in [0.05, 0.1) is 18.5 Å². The Morgan fingerprint density at radius 1 is 1.07 bits per heavy atom. The third-order valence-corrected chi connectivity index (χ3v) is 4.52. The number of ether oxygens (including phenoxy) is 1. The summed E-state index contributed by atoms with van der Waals surface area (Å²) in [5, 5.41) is 18.2. The van der Waals surface area contributed by atoms with E-state index in [1.54, 1.807) is 0 Å². The molecule has 0 aliphatic carbocycles. The van der Waals surface area contributed by atoms with Crippen LogP contribution in [0.4, 0.5) is 5.95 Å². The standard InChI is InChI=1S/C19H20BrN3O.C2H2O4/c1-3-24-17-10-4-14(5-11-17)12-21-19-22-13-18(23(19)2)15-6-8-16(20)9-7-15;3-1(4)2(5)6/h4-11,13H,3,12H2,1-2H3,(H,21,22);(H,3,4)(H,5,6). The van der Waals surface area contributed by atoms with Gasteiger partial charge in [0.1, 0.15) is 5.75 Å². The lowest BCUT2D eigenvalue weighted by molar-refractivity contribution is -0.159. The summed E-state index contributed by atoms with van der Waals surface area (Å²) >= 11 is 3.46. The average Bonchev–Trinajstić information content (AvgIpc) is 3.09. The Labute approximate surface area is 182 Å². The quantitative estimate of drug-likeness (QED) is 0.461. The van der Waals surface area contributed by atoms with Gasteiger partial charge in [0, 0.05) is 18.1 Å². The van der Waals surface area contributed by atoms with Gasteiger partial charge in [0.2, 0.25) is 5.95 Å². The second kappa shape index (κ2) is 11.0. The van der Waals surface area contributed by atoms with Crippen LogP contribution >= 0.6 is 15.9 Å². The normalized spacial score (nSPS) is 9.97. The lowest BCUT2D eigenvalue weighted by atomic mass is 10.2. The van der Waals surface area contributed by atoms with Gasteiger partial charge in [-0.05, 0) is 42.3 Å². The first-order valence-corrected chi connectivity index (χ1v) is 9.80. The average molecular weight is 476 g/mol. The Balaban J connectivity index is 0.000000469. The SMILES string of the molecule is CCOc1ccc(CNc2ncc(-c3ccc(Br)cc3)n2C)cc1.O=C(O)C(=O)O. The molecule has 3 aromatic rings. The van der Waals surface area contributed by atoms with Crippen molar-refractivity contribution in [3.8, 4) is 17.0 Å². The van der Waals surface area contributed by atoms with Gasteiger partial charge in [-0.1, -0.05) is 40.2 Å². The number of anilines is 1. The molecule has 30 heavy (non-hydrogen) atoms. The van der Waals surface area contributed by atoms with Gasteiger partial charge in [-0.15, -0.1) is 0 Å². The van der Waals surface area contributed by atoms with Gasteiger partial charge >= 0.3 is 11.9 Å². The van der Waals surface area contributed by atoms with Gasteiger partial charge < -0.3 is 24.8 Å². The molecule has 3 N–H and O–H groups in total. The van der Waals surface area contributed by atoms with Gasteiger partial charge in [0.25, 0.3) is 0 Å². The molecule has 158 valence electrons. The summed E-state index contributed by atoms with van der Waals surface area (Å²) in [6.45, 7) is 3.39. The fourth-order valence-electron chi connectivity index (χ4n) is 2.51. The number of hydrogen-bond donors (Lipinski definition) is 3. The number of carboxylic acids is 2. The zero-order valence-electron chi connectivity index (χ0n) is 16.5. The van der Waals surface area contributed by atoms with Crippen molar-refractivity contribution < 1.29 is 24.5 Å². The van der Waals surface area contributed by atoms with Crippen LogP contribution in [0.1, 0.15) is 12.5 Å². The van der Waals surface area contributed by atoms with E-state index in [0.717, 1.165) is 34.0 Å². The summed E-state index contributed by atoms with van der Waals surface area (Å²) in [5.41, 5.74) is 3.41. The van der Waals surface area contributed by atoms with Crippen LogP contribution in [-0.4, -0.2) is 38.3 Å². The van der Waals surface area contributed by atoms with Crippen molar-refractivity contribution in [1.82, 2.24) is 9.55 Å². The molecule has 0 aliphatic heterocycles. The number of rotatable bonds is 6. The van der Waals surface area contributed by atoms with E-state index in [1.807, 2.05) is 44.4 Å². The molecular weight excluding hydrogens is 454 g/mol. The van der Waals surface area contributed by atoms with E-state index in [0.29, 0.717) is 6.61 Å². The summed E-state index contributed by atoms with van der Waals surface area (Å²) in [5.74, 6) is -1.90. The van der Waals surface area contributed by atoms with Crippen LogP contribution in [0.15, 0.2) is 59.2 Å². The molecule has 1 heterocycles. The molecule has 0 saturated heterocycles. The zero-order chi connectivity index (χ0) is 22.1. The largest absolute Gasteiger partial charge is 0.494 e. The van der Waals surface area contributed by atoms with Crippen LogP contribution < -0.4 is 10.1 Å². The minimum Gasteiger partial charge on any atom is -0.494 e. The first-order chi connectivity index (χ1) is 14.3. The molecule has 0 aliphatic rings. The maximum Gasteiger partial charge on any atom is 0.414 e. The van der Waals surface area contributed by atoms with Crippen molar-refractivity contribution in [2.24, 2.45) is 7.05 Å². The smallest absolute Gasteiger partial charge is 0.414 e. The number of nitrogens with zero attached hydrogens (tertiary/aromatic N) is 2. The monoisotopic (exact) mass is 475 g/mol. The van der Waals surface area contributed by atoms with E-state index >= 15 is 0 Å². The summed E-state index contributed by atoms with van der Waals surface area (Å²) in [6.07, 6.45) is 1.89. The predicted octanol–water partition coefficient (Wildman–Crippen LogP) is 4.02. The van der Waals surface area contributed by atoms with Crippen molar-refractivity contribution in [2.75, 3.05) is 11.9 Å². The predicted molar refractivity (Wildman–Crippen MR) is 117 cm³/mol. The molecule has 0 spiro atoms. The van der Waals surface area contributed by atoms with Gasteiger partial charge in [-0.2, -0.15) is 0 Å². The molecule has 0 fully saturated rings. The van der Waals surface area contributed by atoms with Crippen LogP contribution in [0.3, 0.4) is 0 Å². The molecule has 3 rings (SSSR count). The highest BCUT2D eigenvalue weighted by molar-refractivity contribution is 9.10. The van der Waals surface area contributed by atoms with Crippen LogP contribution in [-0.2, 0) is 23.2 Å². The topological polar surface area (TPSA) is 114 Å². The van der Waals surface area contributed by atoms with E-state index in [9.17, 15) is 0 Å². The molecule has 0 atom stereocenters. The van der Waals surface area contributed by atoms with Gasteiger partial charge in [-0.3, -0.25) is 0 Å². The number of carbonyl (C=O) groups is 2. The molecule has 0 bridgehead atoms. The van der Waals surface area contributed by atoms with Gasteiger partial charge in [0.15, 0.2) is 0 Å². The second-order valence-electron chi connectivity index (χ2n) is 6.07. The van der Waals surface area contributed by atoms with Crippen molar-refractivity contribution in [1.29, 1.82) is 0 Å². The van der Waals surface area contributed by atoms with Crippen LogP contribution in [0, 0.1) is 0 Å². The maximum atomic E-state index is 9.10. The first-order valence-electron chi connectivity index (χ1n) is 9.01. The number of carboxylic acid groups (broad SMARTS) is 2. The third kappa shape index (κ3) is 6.63. The Hall–Kier alpha value is -3.33. The fourth-order valence-corrected chi connectivity index (χ4v) is 2.78. The molecule has 9 heteroatoms. The minimum absolute atomic E-state index is 0.684. The molecule has 0 unspecified atom stereocenters. The van der Waals surface area contributed by atoms with Crippen LogP contribution in [0.2, 0.25) is 0 Å². The highest BCUT2D eigenvalue weighted by atomic mass is 79.9. The summed E-state index contributed by atoms with van der Waals surface area (Å²) < 4.78 is 8.60. The third-order valence-electron chi connectivity index (χ3n) is 4.00. The zero-order valence-corrected chi connectivity index (χ0v) is 18.1. The number of aliphatic carboxylic acids is 2. The lowest BCUT2D eigenvalue weighted by Crippen LogP contribution is -2.09. The molecule has 0 radical (unpaired) electrons. The van der Waals surface area contributed by atoms with Crippen LogP contribution in [0.25, 0.3) is 11.3 Å². The number of nitrogens with one attached hydrogen (secondary N) is 1. The first kappa shape index (κ1) is 23.0. The summed E-state index contributed by atoms with van der Waals surface area (Å²) in [4.78, 5) is 22.7. The number of halogens is 1. The summed E-state index contributed by atoms with van der Waals surface area (Å²) in [6, 6.07) is 16.4. The number of imidazole rings is 1. The van der Waals surface area contributed by atoms with E-state index in [1.165, 1.54) is 5.56 Å². The summed E-state index contributed by atoms with van der Waals surface area (Å²) in [7, 11) is 2.02. The molecule has 1 aromatic heterocycles. The molecule has 0 amide bonds. The molecule has 2 aromatic carbocycles. The van der Waals surface area contributed by atoms with Crippen molar-refractivity contribution in [3.05, 3.63) is 64.8 Å². The van der Waals surface area contributed by atoms with Crippen molar-refractivity contribution >= 4 is 33.8 Å². The lowest BCUT2D eigenvalue weighted by Gasteiger charge is -2.09. The van der Waals surface area contributed by atoms with E-state index in [2.05, 4.69) is 55.1 Å². The van der Waals surface area contributed by atoms with E-state index in [4.69, 9.17) is 24.5 Å². The van der Waals surface area contributed by atoms with Gasteiger partial charge in [-0.25, -0.2) is 14.6 Å². The number of hydrogen-bond acceptors (Lipinski definition) is 5. The highest BCUT2D eigenvalue weighted by Crippen LogP contribution is 2.24. The number of aromatic nitrogens is 2. The van der Waals surface area contributed by atoms with E-state index in [-0.39, 0.29) is 0 Å². The van der Waals surface area contributed by atoms with Crippen LogP contribution in [0.5, 0.6) is 5.75 Å². The number of benzene rings is 2. The Bertz CT molecular complexity index is 973. The highest BCUT2D eigenvalue weighted by Gasteiger charge is 2.08. The molecular formula is C21H22BrN3O5. The second-order valence-corrected chi connectivity index (χ2v) is 6.99. The Kier molecular flexibility index (Phi) is 8.42. The minimum atomic E-state index is -1.82. The van der Waals surface area contributed by atoms with Crippen molar-refractivity contribution in [3.63, 3.8) is 0 Å². The fraction of sp³-hybridized carbons (Fsp3) is 0.190. The van der Waals surface area contributed by atoms with Crippen molar-refractivity contribution in [2.45, 2.75) is 13.5 Å². The molecule has 0 saturated carbocycles. The van der Waals surface area contributed by atoms with E-state index < -0.39 is 11.9 Å². The Morgan fingerprint density at radius 2 is 1.67 bits per heavy atom.